The Balaban J connectivity index is 2.31. The third kappa shape index (κ3) is 4.28. The van der Waals surface area contributed by atoms with Gasteiger partial charge in [0, 0.05) is 17.7 Å². The van der Waals surface area contributed by atoms with Gasteiger partial charge < -0.3 is 14.5 Å². The number of ether oxygens (including phenoxy) is 2. The molecular weight excluding hydrogens is 312 g/mol. The van der Waals surface area contributed by atoms with E-state index >= 15 is 0 Å². The van der Waals surface area contributed by atoms with E-state index in [1.165, 1.54) is 11.8 Å². The molecule has 0 amide bonds. The van der Waals surface area contributed by atoms with Crippen LogP contribution in [0.1, 0.15) is 30.2 Å². The smallest absolute Gasteiger partial charge is 0.255 e. The molecule has 0 atom stereocenters. The molecule has 0 fully saturated rings. The molecule has 6 heteroatoms. The Bertz CT molecular complexity index is 728. The van der Waals surface area contributed by atoms with Crippen LogP contribution in [0.2, 0.25) is 0 Å². The van der Waals surface area contributed by atoms with E-state index in [0.717, 1.165) is 17.7 Å². The summed E-state index contributed by atoms with van der Waals surface area (Å²) in [6.07, 6.45) is 3.32. The highest BCUT2D eigenvalue weighted by Crippen LogP contribution is 2.29. The van der Waals surface area contributed by atoms with Gasteiger partial charge in [0.1, 0.15) is 0 Å². The number of aryl methyl sites for hydroxylation is 1. The number of thioether (sulfide) groups is 1. The molecule has 2 aromatic rings. The maximum atomic E-state index is 12.2. The summed E-state index contributed by atoms with van der Waals surface area (Å²) in [6.45, 7) is 4.55. The van der Waals surface area contributed by atoms with Crippen molar-refractivity contribution in [2.75, 3.05) is 20.0 Å². The highest BCUT2D eigenvalue weighted by atomic mass is 32.2. The van der Waals surface area contributed by atoms with Gasteiger partial charge >= 0.3 is 0 Å². The lowest BCUT2D eigenvalue weighted by Gasteiger charge is -2.12. The molecule has 0 radical (unpaired) electrons. The van der Waals surface area contributed by atoms with Crippen LogP contribution in [0.4, 0.5) is 0 Å². The lowest BCUT2D eigenvalue weighted by molar-refractivity contribution is 0.294. The Morgan fingerprint density at radius 3 is 2.70 bits per heavy atom. The third-order valence-corrected chi connectivity index (χ3v) is 4.04. The number of methoxy groups -OCH3 is 1. The molecule has 0 saturated carbocycles. The molecule has 2 rings (SSSR count). The SMILES string of the molecule is CCCOc1cc(Cc2c(C)nc(SC)[nH]c2=O)ccc1OC. The highest BCUT2D eigenvalue weighted by Gasteiger charge is 2.11. The zero-order chi connectivity index (χ0) is 16.8. The predicted octanol–water partition coefficient (Wildman–Crippen LogP) is 3.19. The largest absolute Gasteiger partial charge is 0.493 e. The average molecular weight is 334 g/mol. The third-order valence-electron chi connectivity index (χ3n) is 3.46. The van der Waals surface area contributed by atoms with Crippen molar-refractivity contribution in [1.29, 1.82) is 0 Å². The predicted molar refractivity (Wildman–Crippen MR) is 93.0 cm³/mol. The Hall–Kier alpha value is -1.95. The summed E-state index contributed by atoms with van der Waals surface area (Å²) >= 11 is 1.43. The van der Waals surface area contributed by atoms with Crippen LogP contribution in [-0.4, -0.2) is 29.9 Å². The van der Waals surface area contributed by atoms with Gasteiger partial charge in [-0.3, -0.25) is 4.79 Å². The number of nitrogens with one attached hydrogen (secondary N) is 1. The first-order chi connectivity index (χ1) is 11.1. The average Bonchev–Trinajstić information content (AvgIpc) is 2.56. The van der Waals surface area contributed by atoms with Crippen LogP contribution in [0.25, 0.3) is 0 Å². The normalized spacial score (nSPS) is 10.6. The molecule has 0 unspecified atom stereocenters. The number of aromatic nitrogens is 2. The van der Waals surface area contributed by atoms with E-state index < -0.39 is 0 Å². The van der Waals surface area contributed by atoms with Gasteiger partial charge in [0.2, 0.25) is 0 Å². The Morgan fingerprint density at radius 2 is 2.09 bits per heavy atom. The van der Waals surface area contributed by atoms with Crippen LogP contribution >= 0.6 is 11.8 Å². The minimum atomic E-state index is -0.0892. The van der Waals surface area contributed by atoms with Gasteiger partial charge in [0.25, 0.3) is 5.56 Å². The van der Waals surface area contributed by atoms with Gasteiger partial charge in [-0.25, -0.2) is 4.98 Å². The summed E-state index contributed by atoms with van der Waals surface area (Å²) in [4.78, 5) is 19.4. The molecule has 5 nitrogen and oxygen atoms in total. The Labute approximate surface area is 140 Å². The molecule has 0 spiro atoms. The Morgan fingerprint density at radius 1 is 1.30 bits per heavy atom. The van der Waals surface area contributed by atoms with E-state index in [1.807, 2.05) is 31.4 Å². The first kappa shape index (κ1) is 17.4. The molecule has 124 valence electrons. The summed E-state index contributed by atoms with van der Waals surface area (Å²) in [5.41, 5.74) is 2.33. The van der Waals surface area contributed by atoms with Crippen molar-refractivity contribution in [3.05, 3.63) is 45.4 Å². The van der Waals surface area contributed by atoms with Crippen LogP contribution in [0, 0.1) is 6.92 Å². The highest BCUT2D eigenvalue weighted by molar-refractivity contribution is 7.98. The second-order valence-electron chi connectivity index (χ2n) is 5.15. The van der Waals surface area contributed by atoms with Crippen LogP contribution in [-0.2, 0) is 6.42 Å². The fraction of sp³-hybridized carbons (Fsp3) is 0.412. The lowest BCUT2D eigenvalue weighted by Crippen LogP contribution is -2.17. The van der Waals surface area contributed by atoms with E-state index in [4.69, 9.17) is 9.47 Å². The number of H-pyrrole nitrogens is 1. The van der Waals surface area contributed by atoms with Crippen molar-refractivity contribution in [2.45, 2.75) is 31.8 Å². The second-order valence-corrected chi connectivity index (χ2v) is 5.94. The van der Waals surface area contributed by atoms with Crippen LogP contribution < -0.4 is 15.0 Å². The van der Waals surface area contributed by atoms with Crippen molar-refractivity contribution < 1.29 is 9.47 Å². The van der Waals surface area contributed by atoms with Crippen molar-refractivity contribution in [2.24, 2.45) is 0 Å². The van der Waals surface area contributed by atoms with E-state index in [0.29, 0.717) is 35.2 Å². The summed E-state index contributed by atoms with van der Waals surface area (Å²) in [7, 11) is 1.62. The summed E-state index contributed by atoms with van der Waals surface area (Å²) in [6, 6.07) is 5.74. The summed E-state index contributed by atoms with van der Waals surface area (Å²) in [5, 5.41) is 0.637. The molecule has 0 saturated heterocycles. The fourth-order valence-electron chi connectivity index (χ4n) is 2.25. The van der Waals surface area contributed by atoms with Gasteiger partial charge in [-0.2, -0.15) is 0 Å². The zero-order valence-corrected chi connectivity index (χ0v) is 14.8. The quantitative estimate of drug-likeness (QED) is 0.622. The zero-order valence-electron chi connectivity index (χ0n) is 13.9. The number of nitrogens with zero attached hydrogens (tertiary/aromatic N) is 1. The van der Waals surface area contributed by atoms with Crippen molar-refractivity contribution in [3.63, 3.8) is 0 Å². The first-order valence-corrected chi connectivity index (χ1v) is 8.75. The maximum Gasteiger partial charge on any atom is 0.255 e. The number of aromatic amines is 1. The van der Waals surface area contributed by atoms with Gasteiger partial charge in [0.15, 0.2) is 16.7 Å². The number of hydrogen-bond donors (Lipinski definition) is 1. The fourth-order valence-corrected chi connectivity index (χ4v) is 2.67. The molecule has 1 aromatic carbocycles. The van der Waals surface area contributed by atoms with E-state index in [-0.39, 0.29) is 5.56 Å². The topological polar surface area (TPSA) is 64.2 Å². The van der Waals surface area contributed by atoms with Crippen molar-refractivity contribution in [1.82, 2.24) is 9.97 Å². The first-order valence-electron chi connectivity index (χ1n) is 7.52. The van der Waals surface area contributed by atoms with E-state index in [9.17, 15) is 4.79 Å². The molecule has 0 aliphatic heterocycles. The molecule has 1 N–H and O–H groups in total. The molecular formula is C17H22N2O3S. The van der Waals surface area contributed by atoms with Crippen molar-refractivity contribution in [3.8, 4) is 11.5 Å². The standard InChI is InChI=1S/C17H22N2O3S/c1-5-8-22-15-10-12(6-7-14(15)21-3)9-13-11(2)18-17(23-4)19-16(13)20/h6-7,10H,5,8-9H2,1-4H3,(H,18,19,20). The molecule has 0 bridgehead atoms. The van der Waals surface area contributed by atoms with Crippen molar-refractivity contribution >= 4 is 11.8 Å². The van der Waals surface area contributed by atoms with Gasteiger partial charge in [-0.05, 0) is 37.3 Å². The second kappa shape index (κ2) is 8.06. The molecule has 23 heavy (non-hydrogen) atoms. The van der Waals surface area contributed by atoms with E-state index in [1.54, 1.807) is 7.11 Å². The maximum absolute atomic E-state index is 12.2. The van der Waals surface area contributed by atoms with Gasteiger partial charge in [-0.15, -0.1) is 0 Å². The van der Waals surface area contributed by atoms with Crippen LogP contribution in [0.5, 0.6) is 11.5 Å². The summed E-state index contributed by atoms with van der Waals surface area (Å²) < 4.78 is 11.0. The molecule has 0 aliphatic rings. The van der Waals surface area contributed by atoms with Gasteiger partial charge in [-0.1, -0.05) is 24.8 Å². The van der Waals surface area contributed by atoms with E-state index in [2.05, 4.69) is 16.9 Å². The minimum Gasteiger partial charge on any atom is -0.493 e. The monoisotopic (exact) mass is 334 g/mol. The Kier molecular flexibility index (Phi) is 6.10. The van der Waals surface area contributed by atoms with Crippen LogP contribution in [0.3, 0.4) is 0 Å². The number of hydrogen-bond acceptors (Lipinski definition) is 5. The number of benzene rings is 1. The summed E-state index contributed by atoms with van der Waals surface area (Å²) in [5.74, 6) is 1.40. The molecule has 1 heterocycles. The van der Waals surface area contributed by atoms with Gasteiger partial charge in [0.05, 0.1) is 13.7 Å². The van der Waals surface area contributed by atoms with Crippen LogP contribution in [0.15, 0.2) is 28.2 Å². The molecule has 1 aromatic heterocycles. The molecule has 0 aliphatic carbocycles. The minimum absolute atomic E-state index is 0.0892. The number of rotatable bonds is 7. The lowest BCUT2D eigenvalue weighted by atomic mass is 10.0.